The van der Waals surface area contributed by atoms with E-state index in [2.05, 4.69) is 511 Å². The summed E-state index contributed by atoms with van der Waals surface area (Å²) < 4.78 is 0. The Labute approximate surface area is 805 Å². The van der Waals surface area contributed by atoms with E-state index in [1.807, 2.05) is 0 Å². The lowest BCUT2D eigenvalue weighted by molar-refractivity contribution is 1.37. The molecule has 658 valence electrons. The third kappa shape index (κ3) is 16.5. The van der Waals surface area contributed by atoms with Crippen LogP contribution in [0, 0.1) is 111 Å². The fourth-order valence-corrected chi connectivity index (χ4v) is 22.6. The Morgan fingerprint density at radius 1 is 0.0809 bits per heavy atom. The fraction of sp³-hybridized carbons (Fsp3) is 0.118. The van der Waals surface area contributed by atoms with Gasteiger partial charge in [-0.05, 0) is 423 Å². The van der Waals surface area contributed by atoms with Gasteiger partial charge in [-0.1, -0.05) is 388 Å². The monoisotopic (exact) mass is 1750 g/mol. The van der Waals surface area contributed by atoms with E-state index < -0.39 is 0 Å². The van der Waals surface area contributed by atoms with Crippen LogP contribution in [0.25, 0.3) is 211 Å². The summed E-state index contributed by atoms with van der Waals surface area (Å²) in [4.78, 5) is 0. The zero-order valence-corrected chi connectivity index (χ0v) is 81.1. The molecule has 0 N–H and O–H groups in total. The van der Waals surface area contributed by atoms with Crippen LogP contribution in [0.4, 0.5) is 0 Å². The molecule has 0 atom stereocenters. The van der Waals surface area contributed by atoms with Crippen molar-refractivity contribution >= 4 is 0 Å². The molecule has 0 spiro atoms. The van der Waals surface area contributed by atoms with Crippen molar-refractivity contribution < 1.29 is 0 Å². The predicted octanol–water partition coefficient (Wildman–Crippen LogP) is 38.3. The van der Waals surface area contributed by atoms with E-state index in [-0.39, 0.29) is 0 Å². The van der Waals surface area contributed by atoms with E-state index in [4.69, 9.17) is 0 Å². The summed E-state index contributed by atoms with van der Waals surface area (Å²) in [5.74, 6) is 0. The van der Waals surface area contributed by atoms with Gasteiger partial charge in [-0.2, -0.15) is 0 Å². The Bertz CT molecular complexity index is 7830. The maximum Gasteiger partial charge on any atom is -0.00137 e. The molecule has 0 nitrogen and oxygen atoms in total. The minimum atomic E-state index is 1.07. The molecule has 20 rings (SSSR count). The number of aryl methyl sites for hydroxylation is 16. The molecule has 0 heterocycles. The molecule has 0 saturated heterocycles. The van der Waals surface area contributed by atoms with Gasteiger partial charge in [0.25, 0.3) is 0 Å². The average Bonchev–Trinajstić information content (AvgIpc) is 0.704. The summed E-state index contributed by atoms with van der Waals surface area (Å²) in [5, 5.41) is 0. The molecule has 0 amide bonds. The van der Waals surface area contributed by atoms with Crippen LogP contribution in [-0.2, 0) is 0 Å². The van der Waals surface area contributed by atoms with E-state index >= 15 is 0 Å². The van der Waals surface area contributed by atoms with Gasteiger partial charge >= 0.3 is 0 Å². The first-order chi connectivity index (χ1) is 66.1. The zero-order chi connectivity index (χ0) is 93.8. The van der Waals surface area contributed by atoms with Crippen molar-refractivity contribution in [3.8, 4) is 211 Å². The van der Waals surface area contributed by atoms with Crippen LogP contribution in [0.3, 0.4) is 0 Å². The third-order valence-electron chi connectivity index (χ3n) is 28.9. The van der Waals surface area contributed by atoms with Gasteiger partial charge in [0.15, 0.2) is 0 Å². The van der Waals surface area contributed by atoms with Crippen LogP contribution in [0.1, 0.15) is 89.0 Å². The first-order valence-electron chi connectivity index (χ1n) is 48.1. The van der Waals surface area contributed by atoms with Crippen LogP contribution in [0.5, 0.6) is 0 Å². The lowest BCUT2D eigenvalue weighted by atomic mass is 9.73. The second-order valence-electron chi connectivity index (χ2n) is 38.0. The summed E-state index contributed by atoms with van der Waals surface area (Å²) >= 11 is 0. The van der Waals surface area contributed by atoms with Crippen LogP contribution >= 0.6 is 0 Å². The molecular formula is C136H114. The Morgan fingerprint density at radius 3 is 0.404 bits per heavy atom. The number of hydrogen-bond donors (Lipinski definition) is 0. The molecule has 0 unspecified atom stereocenters. The van der Waals surface area contributed by atoms with Crippen molar-refractivity contribution in [3.63, 3.8) is 0 Å². The summed E-state index contributed by atoms with van der Waals surface area (Å²) in [6.45, 7) is 36.0. The highest BCUT2D eigenvalue weighted by Gasteiger charge is 2.33. The van der Waals surface area contributed by atoms with Gasteiger partial charge in [-0.15, -0.1) is 0 Å². The number of rotatable bonds is 19. The summed E-state index contributed by atoms with van der Waals surface area (Å²) in [6, 6.07) is 154. The van der Waals surface area contributed by atoms with Crippen molar-refractivity contribution in [1.29, 1.82) is 0 Å². The summed E-state index contributed by atoms with van der Waals surface area (Å²) in [7, 11) is 0. The van der Waals surface area contributed by atoms with Gasteiger partial charge in [0.05, 0.1) is 0 Å². The fourth-order valence-electron chi connectivity index (χ4n) is 22.6. The summed E-state index contributed by atoms with van der Waals surface area (Å²) in [5.41, 5.74) is 64.1. The molecule has 0 heteroatoms. The lowest BCUT2D eigenvalue weighted by Crippen LogP contribution is -2.03. The normalized spacial score (nSPS) is 11.4. The van der Waals surface area contributed by atoms with Gasteiger partial charge in [-0.25, -0.2) is 0 Å². The van der Waals surface area contributed by atoms with Crippen molar-refractivity contribution in [2.45, 2.75) is 111 Å². The van der Waals surface area contributed by atoms with E-state index in [0.29, 0.717) is 0 Å². The Balaban J connectivity index is 0.959. The third-order valence-corrected chi connectivity index (χ3v) is 28.9. The Hall–Kier alpha value is -15.6. The van der Waals surface area contributed by atoms with Crippen LogP contribution in [-0.4, -0.2) is 0 Å². The van der Waals surface area contributed by atoms with Gasteiger partial charge in [0.2, 0.25) is 0 Å². The topological polar surface area (TPSA) is 0 Å². The minimum absolute atomic E-state index is 1.07. The van der Waals surface area contributed by atoms with Crippen molar-refractivity contribution in [1.82, 2.24) is 0 Å². The molecule has 0 bridgehead atoms. The van der Waals surface area contributed by atoms with Crippen molar-refractivity contribution in [2.24, 2.45) is 0 Å². The Morgan fingerprint density at radius 2 is 0.206 bits per heavy atom. The predicted molar refractivity (Wildman–Crippen MR) is 586 cm³/mol. The van der Waals surface area contributed by atoms with Crippen molar-refractivity contribution in [3.05, 3.63) is 489 Å². The standard InChI is InChI=1S/C136H114/c1-83-29-20-30-84(2)120(83)101-51-49-99(50-52-101)118-82-119(129(110-69-55-103(56-70-110)122-87(5)33-22-34-88(122)6)130(111-71-57-104(58-72-111)123-89(7)35-23-36-90(123)8)128(118)109-67-53-102(54-68-109)121-85(3)31-21-32-86(121)4)116-47-28-48-117(81-116)136-131(100-45-18-17-19-46-100)132(112-73-59-105(60-74-112)124-91(9)37-24-38-92(124)10)133(113-75-61-106(62-76-113)125-93(11)39-25-40-94(125)12)134(114-77-63-107(64-78-114)126-95(13)41-26-42-96(126)14)135(136)115-79-65-108(66-80-115)127-97(15)43-27-44-98(127)16/h17-82H,1-16H3. The molecule has 0 fully saturated rings. The van der Waals surface area contributed by atoms with Crippen LogP contribution in [0.2, 0.25) is 0 Å². The van der Waals surface area contributed by atoms with Crippen molar-refractivity contribution in [2.75, 3.05) is 0 Å². The van der Waals surface area contributed by atoms with Gasteiger partial charge in [0.1, 0.15) is 0 Å². The zero-order valence-electron chi connectivity index (χ0n) is 81.1. The number of hydrogen-bond acceptors (Lipinski definition) is 0. The van der Waals surface area contributed by atoms with E-state index in [1.54, 1.807) is 0 Å². The Kier molecular flexibility index (Phi) is 24.1. The van der Waals surface area contributed by atoms with Gasteiger partial charge in [-0.3, -0.25) is 0 Å². The molecule has 0 saturated carbocycles. The first kappa shape index (κ1) is 88.3. The molecule has 0 radical (unpaired) electrons. The van der Waals surface area contributed by atoms with Gasteiger partial charge in [0, 0.05) is 0 Å². The maximum atomic E-state index is 2.58. The largest absolute Gasteiger partial charge is 0.0622 e. The molecule has 0 aliphatic rings. The van der Waals surface area contributed by atoms with Gasteiger partial charge < -0.3 is 0 Å². The molecule has 0 aliphatic heterocycles. The van der Waals surface area contributed by atoms with E-state index in [1.165, 1.54) is 178 Å². The lowest BCUT2D eigenvalue weighted by Gasteiger charge is -2.29. The maximum absolute atomic E-state index is 2.58. The molecule has 0 aromatic heterocycles. The SMILES string of the molecule is Cc1cccc(C)c1-c1ccc(-c2cc(-c3cccc(-c4c(-c5ccccc5)c(-c5ccc(-c6c(C)cccc6C)cc5)c(-c5ccc(-c6c(C)cccc6C)cc5)c(-c5ccc(-c6c(C)cccc6C)cc5)c4-c4ccc(-c5c(C)cccc5C)cc4)c3)c(-c3ccc(-c4c(C)cccc4C)cc3)c(-c3ccc(-c4c(C)cccc4C)cc3)c2-c2ccc(-c3c(C)cccc3C)cc2)cc1. The quantitative estimate of drug-likeness (QED) is 0.0757. The van der Waals surface area contributed by atoms with Crippen LogP contribution in [0.15, 0.2) is 400 Å². The molecule has 20 aromatic carbocycles. The van der Waals surface area contributed by atoms with Crippen LogP contribution < -0.4 is 0 Å². The molecule has 0 aliphatic carbocycles. The molecular weight excluding hydrogens is 1630 g/mol. The second-order valence-corrected chi connectivity index (χ2v) is 38.0. The number of benzene rings is 20. The van der Waals surface area contributed by atoms with E-state index in [0.717, 1.165) is 122 Å². The molecule has 20 aromatic rings. The second kappa shape index (κ2) is 37.1. The summed E-state index contributed by atoms with van der Waals surface area (Å²) in [6.07, 6.45) is 0. The highest BCUT2D eigenvalue weighted by Crippen LogP contribution is 2.59. The van der Waals surface area contributed by atoms with E-state index in [9.17, 15) is 0 Å². The highest BCUT2D eigenvalue weighted by atomic mass is 14.4. The minimum Gasteiger partial charge on any atom is -0.0622 e. The molecule has 136 heavy (non-hydrogen) atoms. The highest BCUT2D eigenvalue weighted by molar-refractivity contribution is 6.17. The average molecular weight is 1750 g/mol. The first-order valence-corrected chi connectivity index (χ1v) is 48.1. The smallest absolute Gasteiger partial charge is 0.00137 e.